The lowest BCUT2D eigenvalue weighted by Crippen LogP contribution is -2.02. The number of benzene rings is 1. The Morgan fingerprint density at radius 1 is 1.29 bits per heavy atom. The van der Waals surface area contributed by atoms with Gasteiger partial charge >= 0.3 is 0 Å². The normalized spacial score (nSPS) is 12.6. The fourth-order valence-electron chi connectivity index (χ4n) is 2.09. The number of rotatable bonds is 4. The molecular weight excluding hydrogens is 228 g/mol. The molecular formula is C15H18OS. The number of hydrogen-bond donors (Lipinski definition) is 1. The minimum atomic E-state index is -0.369. The zero-order valence-corrected chi connectivity index (χ0v) is 11.1. The molecule has 0 saturated carbocycles. The first kappa shape index (κ1) is 12.3. The van der Waals surface area contributed by atoms with Crippen LogP contribution in [0.3, 0.4) is 0 Å². The van der Waals surface area contributed by atoms with Gasteiger partial charge in [0.25, 0.3) is 0 Å². The van der Waals surface area contributed by atoms with Gasteiger partial charge in [0.05, 0.1) is 6.10 Å². The van der Waals surface area contributed by atoms with Crippen LogP contribution < -0.4 is 0 Å². The highest BCUT2D eigenvalue weighted by molar-refractivity contribution is 7.10. The van der Waals surface area contributed by atoms with Crippen molar-refractivity contribution in [2.75, 3.05) is 0 Å². The molecule has 2 rings (SSSR count). The molecule has 0 saturated heterocycles. The monoisotopic (exact) mass is 246 g/mol. The molecule has 1 N–H and O–H groups in total. The zero-order chi connectivity index (χ0) is 12.3. The molecule has 0 amide bonds. The lowest BCUT2D eigenvalue weighted by molar-refractivity contribution is 0.181. The summed E-state index contributed by atoms with van der Waals surface area (Å²) in [6.07, 6.45) is 1.32. The molecule has 0 bridgehead atoms. The van der Waals surface area contributed by atoms with Crippen molar-refractivity contribution in [1.29, 1.82) is 0 Å². The predicted octanol–water partition coefficient (Wildman–Crippen LogP) is 3.90. The van der Waals surface area contributed by atoms with Gasteiger partial charge in [-0.1, -0.05) is 36.8 Å². The van der Waals surface area contributed by atoms with Gasteiger partial charge in [-0.15, -0.1) is 11.3 Å². The fraction of sp³-hybridized carbons (Fsp3) is 0.333. The molecule has 2 aromatic rings. The topological polar surface area (TPSA) is 20.2 Å². The third-order valence-electron chi connectivity index (χ3n) is 2.98. The third kappa shape index (κ3) is 2.96. The van der Waals surface area contributed by atoms with Crippen molar-refractivity contribution in [3.05, 3.63) is 57.3 Å². The highest BCUT2D eigenvalue weighted by Gasteiger charge is 2.13. The van der Waals surface area contributed by atoms with Crippen LogP contribution in [0.5, 0.6) is 0 Å². The van der Waals surface area contributed by atoms with Crippen LogP contribution in [0.2, 0.25) is 0 Å². The Morgan fingerprint density at radius 3 is 2.82 bits per heavy atom. The van der Waals surface area contributed by atoms with Crippen molar-refractivity contribution in [3.63, 3.8) is 0 Å². The van der Waals surface area contributed by atoms with E-state index in [1.807, 2.05) is 6.07 Å². The quantitative estimate of drug-likeness (QED) is 0.867. The van der Waals surface area contributed by atoms with Gasteiger partial charge in [0, 0.05) is 11.3 Å². The van der Waals surface area contributed by atoms with Crippen molar-refractivity contribution in [2.24, 2.45) is 0 Å². The highest BCUT2D eigenvalue weighted by Crippen LogP contribution is 2.27. The van der Waals surface area contributed by atoms with E-state index in [9.17, 15) is 5.11 Å². The summed E-state index contributed by atoms with van der Waals surface area (Å²) >= 11 is 1.66. The van der Waals surface area contributed by atoms with E-state index in [-0.39, 0.29) is 6.10 Å². The summed E-state index contributed by atoms with van der Waals surface area (Å²) in [6, 6.07) is 10.5. The van der Waals surface area contributed by atoms with E-state index < -0.39 is 0 Å². The molecule has 1 heterocycles. The van der Waals surface area contributed by atoms with E-state index in [0.29, 0.717) is 6.42 Å². The largest absolute Gasteiger partial charge is 0.387 e. The molecule has 1 aromatic heterocycles. The van der Waals surface area contributed by atoms with Crippen LogP contribution in [0.15, 0.2) is 35.7 Å². The summed E-state index contributed by atoms with van der Waals surface area (Å²) in [6.45, 7) is 4.21. The molecule has 0 spiro atoms. The molecule has 2 heteroatoms. The Kier molecular flexibility index (Phi) is 3.97. The van der Waals surface area contributed by atoms with Crippen LogP contribution in [-0.2, 0) is 12.8 Å². The molecule has 0 aliphatic heterocycles. The SMILES string of the molecule is CCc1ccsc1C(O)Cc1cccc(C)c1. The minimum Gasteiger partial charge on any atom is -0.387 e. The standard InChI is InChI=1S/C15H18OS/c1-3-13-7-8-17-15(13)14(16)10-12-6-4-5-11(2)9-12/h4-9,14,16H,3,10H2,1-2H3. The lowest BCUT2D eigenvalue weighted by Gasteiger charge is -2.11. The fourth-order valence-corrected chi connectivity index (χ4v) is 3.07. The molecule has 1 unspecified atom stereocenters. The van der Waals surface area contributed by atoms with E-state index in [2.05, 4.69) is 43.5 Å². The van der Waals surface area contributed by atoms with E-state index in [1.54, 1.807) is 11.3 Å². The first-order valence-electron chi connectivity index (χ1n) is 6.00. The zero-order valence-electron chi connectivity index (χ0n) is 10.3. The number of thiophene rings is 1. The average Bonchev–Trinajstić information content (AvgIpc) is 2.77. The summed E-state index contributed by atoms with van der Waals surface area (Å²) < 4.78 is 0. The van der Waals surface area contributed by atoms with E-state index in [1.165, 1.54) is 16.7 Å². The van der Waals surface area contributed by atoms with Crippen LogP contribution in [0, 0.1) is 6.92 Å². The maximum Gasteiger partial charge on any atom is 0.0924 e. The van der Waals surface area contributed by atoms with Crippen LogP contribution >= 0.6 is 11.3 Å². The summed E-state index contributed by atoms with van der Waals surface area (Å²) in [7, 11) is 0. The minimum absolute atomic E-state index is 0.369. The Morgan fingerprint density at radius 2 is 2.12 bits per heavy atom. The molecule has 0 fully saturated rings. The second-order valence-electron chi connectivity index (χ2n) is 4.37. The van der Waals surface area contributed by atoms with Crippen molar-refractivity contribution in [2.45, 2.75) is 32.8 Å². The Labute approximate surface area is 107 Å². The lowest BCUT2D eigenvalue weighted by atomic mass is 10.0. The maximum absolute atomic E-state index is 10.3. The Bertz CT molecular complexity index is 487. The Hall–Kier alpha value is -1.12. The summed E-state index contributed by atoms with van der Waals surface area (Å²) in [5.74, 6) is 0. The summed E-state index contributed by atoms with van der Waals surface area (Å²) in [5, 5.41) is 12.3. The predicted molar refractivity (Wildman–Crippen MR) is 73.5 cm³/mol. The van der Waals surface area contributed by atoms with Gasteiger partial charge < -0.3 is 5.11 Å². The van der Waals surface area contributed by atoms with Crippen molar-refractivity contribution >= 4 is 11.3 Å². The van der Waals surface area contributed by atoms with Crippen molar-refractivity contribution < 1.29 is 5.11 Å². The molecule has 0 aliphatic carbocycles. The molecule has 1 aromatic carbocycles. The number of aliphatic hydroxyl groups is 1. The van der Waals surface area contributed by atoms with Crippen LogP contribution in [0.1, 0.15) is 34.6 Å². The van der Waals surface area contributed by atoms with Gasteiger partial charge in [-0.25, -0.2) is 0 Å². The van der Waals surface area contributed by atoms with E-state index in [4.69, 9.17) is 0 Å². The summed E-state index contributed by atoms with van der Waals surface area (Å²) in [4.78, 5) is 1.12. The van der Waals surface area contributed by atoms with Gasteiger partial charge in [0.2, 0.25) is 0 Å². The second-order valence-corrected chi connectivity index (χ2v) is 5.32. The van der Waals surface area contributed by atoms with Crippen molar-refractivity contribution in [1.82, 2.24) is 0 Å². The van der Waals surface area contributed by atoms with Gasteiger partial charge in [-0.05, 0) is 35.9 Å². The van der Waals surface area contributed by atoms with Crippen molar-refractivity contribution in [3.8, 4) is 0 Å². The number of hydrogen-bond acceptors (Lipinski definition) is 2. The molecule has 1 atom stereocenters. The average molecular weight is 246 g/mol. The van der Waals surface area contributed by atoms with Crippen LogP contribution in [0.4, 0.5) is 0 Å². The Balaban J connectivity index is 2.14. The first-order chi connectivity index (χ1) is 8.20. The maximum atomic E-state index is 10.3. The van der Waals surface area contributed by atoms with Gasteiger partial charge in [0.15, 0.2) is 0 Å². The van der Waals surface area contributed by atoms with Gasteiger partial charge in [0.1, 0.15) is 0 Å². The van der Waals surface area contributed by atoms with Gasteiger partial charge in [-0.3, -0.25) is 0 Å². The third-order valence-corrected chi connectivity index (χ3v) is 4.04. The van der Waals surface area contributed by atoms with Crippen LogP contribution in [0.25, 0.3) is 0 Å². The molecule has 0 aliphatic rings. The second kappa shape index (κ2) is 5.48. The van der Waals surface area contributed by atoms with Crippen LogP contribution in [-0.4, -0.2) is 5.11 Å². The molecule has 1 nitrogen and oxygen atoms in total. The molecule has 90 valence electrons. The first-order valence-corrected chi connectivity index (χ1v) is 6.88. The van der Waals surface area contributed by atoms with E-state index in [0.717, 1.165) is 11.3 Å². The molecule has 0 radical (unpaired) electrons. The van der Waals surface area contributed by atoms with E-state index >= 15 is 0 Å². The highest BCUT2D eigenvalue weighted by atomic mass is 32.1. The molecule has 17 heavy (non-hydrogen) atoms. The number of aryl methyl sites for hydroxylation is 2. The number of aliphatic hydroxyl groups excluding tert-OH is 1. The van der Waals surface area contributed by atoms with Gasteiger partial charge in [-0.2, -0.15) is 0 Å². The summed E-state index contributed by atoms with van der Waals surface area (Å²) in [5.41, 5.74) is 3.72. The smallest absolute Gasteiger partial charge is 0.0924 e.